The van der Waals surface area contributed by atoms with E-state index >= 15 is 0 Å². The van der Waals surface area contributed by atoms with E-state index in [-0.39, 0.29) is 22.3 Å². The Morgan fingerprint density at radius 1 is 1.20 bits per heavy atom. The Balaban J connectivity index is 2.18. The highest BCUT2D eigenvalue weighted by atomic mass is 32.2. The Bertz CT molecular complexity index is 863. The van der Waals surface area contributed by atoms with Crippen LogP contribution in [0.1, 0.15) is 35.3 Å². The molecule has 0 radical (unpaired) electrons. The predicted octanol–water partition coefficient (Wildman–Crippen LogP) is 3.12. The van der Waals surface area contributed by atoms with Crippen molar-refractivity contribution in [3.63, 3.8) is 0 Å². The maximum absolute atomic E-state index is 13.7. The van der Waals surface area contributed by atoms with Gasteiger partial charge in [0, 0.05) is 11.8 Å². The first kappa shape index (κ1) is 18.9. The van der Waals surface area contributed by atoms with E-state index in [9.17, 15) is 17.6 Å². The van der Waals surface area contributed by atoms with Crippen LogP contribution >= 0.6 is 0 Å². The van der Waals surface area contributed by atoms with Crippen molar-refractivity contribution in [2.24, 2.45) is 0 Å². The van der Waals surface area contributed by atoms with Crippen LogP contribution in [0.4, 0.5) is 4.39 Å². The zero-order valence-corrected chi connectivity index (χ0v) is 15.1. The highest BCUT2D eigenvalue weighted by Crippen LogP contribution is 2.21. The second-order valence-corrected chi connectivity index (χ2v) is 7.64. The summed E-state index contributed by atoms with van der Waals surface area (Å²) in [5, 5.41) is 2.83. The van der Waals surface area contributed by atoms with Gasteiger partial charge in [0.25, 0.3) is 5.91 Å². The minimum absolute atomic E-state index is 0.0694. The number of rotatable bonds is 6. The summed E-state index contributed by atoms with van der Waals surface area (Å²) < 4.78 is 41.6. The van der Waals surface area contributed by atoms with E-state index in [0.29, 0.717) is 6.42 Å². The van der Waals surface area contributed by atoms with Gasteiger partial charge in [-0.25, -0.2) is 12.8 Å². The zero-order valence-electron chi connectivity index (χ0n) is 14.2. The van der Waals surface area contributed by atoms with Crippen LogP contribution in [0.2, 0.25) is 0 Å². The first-order valence-corrected chi connectivity index (χ1v) is 9.59. The van der Waals surface area contributed by atoms with Crippen molar-refractivity contribution in [2.75, 3.05) is 13.4 Å². The summed E-state index contributed by atoms with van der Waals surface area (Å²) in [5.74, 6) is -0.957. The second kappa shape index (κ2) is 7.65. The van der Waals surface area contributed by atoms with Gasteiger partial charge in [0.15, 0.2) is 21.4 Å². The van der Waals surface area contributed by atoms with Crippen LogP contribution < -0.4 is 10.1 Å². The Kier molecular flexibility index (Phi) is 5.79. The van der Waals surface area contributed by atoms with E-state index in [4.69, 9.17) is 4.74 Å². The Hall–Kier alpha value is -2.41. The molecule has 1 amide bonds. The quantitative estimate of drug-likeness (QED) is 0.854. The molecule has 0 aliphatic rings. The van der Waals surface area contributed by atoms with Crippen LogP contribution in [0.5, 0.6) is 5.75 Å². The summed E-state index contributed by atoms with van der Waals surface area (Å²) in [4.78, 5) is 12.6. The molecule has 0 saturated carbocycles. The molecule has 2 aromatic carbocycles. The third kappa shape index (κ3) is 4.57. The molecule has 5 nitrogen and oxygen atoms in total. The fraction of sp³-hybridized carbons (Fsp3) is 0.278. The van der Waals surface area contributed by atoms with Gasteiger partial charge in [-0.05, 0) is 42.3 Å². The molecule has 0 unspecified atom stereocenters. The predicted molar refractivity (Wildman–Crippen MR) is 93.0 cm³/mol. The van der Waals surface area contributed by atoms with Gasteiger partial charge in [0.1, 0.15) is 0 Å². The van der Waals surface area contributed by atoms with Gasteiger partial charge in [0.05, 0.1) is 18.0 Å². The van der Waals surface area contributed by atoms with Crippen LogP contribution in [0, 0.1) is 5.82 Å². The number of methoxy groups -OCH3 is 1. The molecule has 1 N–H and O–H groups in total. The molecule has 0 spiro atoms. The third-order valence-electron chi connectivity index (χ3n) is 3.84. The second-order valence-electron chi connectivity index (χ2n) is 5.62. The van der Waals surface area contributed by atoms with Crippen molar-refractivity contribution in [1.82, 2.24) is 5.32 Å². The summed E-state index contributed by atoms with van der Waals surface area (Å²) >= 11 is 0. The van der Waals surface area contributed by atoms with Crippen molar-refractivity contribution < 1.29 is 22.3 Å². The molecular formula is C18H20FNO4S. The number of ether oxygens (including phenoxy) is 1. The minimum atomic E-state index is -3.27. The van der Waals surface area contributed by atoms with Gasteiger partial charge in [0.2, 0.25) is 0 Å². The van der Waals surface area contributed by atoms with Crippen molar-refractivity contribution in [1.29, 1.82) is 0 Å². The van der Waals surface area contributed by atoms with Crippen LogP contribution in [0.3, 0.4) is 0 Å². The molecule has 7 heteroatoms. The molecule has 134 valence electrons. The lowest BCUT2D eigenvalue weighted by Gasteiger charge is -2.18. The summed E-state index contributed by atoms with van der Waals surface area (Å²) in [6.07, 6.45) is 1.74. The summed E-state index contributed by atoms with van der Waals surface area (Å²) in [7, 11) is -1.92. The van der Waals surface area contributed by atoms with E-state index in [0.717, 1.165) is 17.9 Å². The molecule has 0 aliphatic heterocycles. The molecule has 0 aliphatic carbocycles. The summed E-state index contributed by atoms with van der Waals surface area (Å²) in [5.41, 5.74) is 0.960. The lowest BCUT2D eigenvalue weighted by molar-refractivity contribution is 0.0935. The first-order valence-electron chi connectivity index (χ1n) is 7.70. The fourth-order valence-electron chi connectivity index (χ4n) is 2.42. The Morgan fingerprint density at radius 2 is 1.84 bits per heavy atom. The van der Waals surface area contributed by atoms with Crippen molar-refractivity contribution >= 4 is 15.7 Å². The molecule has 0 saturated heterocycles. The zero-order chi connectivity index (χ0) is 18.6. The molecular weight excluding hydrogens is 345 g/mol. The number of carbonyl (C=O) groups excluding carboxylic acids is 1. The monoisotopic (exact) mass is 365 g/mol. The summed E-state index contributed by atoms with van der Waals surface area (Å²) in [6, 6.07) is 10.0. The number of benzene rings is 2. The lowest BCUT2D eigenvalue weighted by Crippen LogP contribution is -2.28. The molecule has 2 aromatic rings. The van der Waals surface area contributed by atoms with E-state index in [1.807, 2.05) is 6.92 Å². The molecule has 2 rings (SSSR count). The SMILES string of the molecule is CC[C@@H](NC(=O)c1ccc(OC)c(F)c1)c1ccc(S(C)(=O)=O)cc1. The van der Waals surface area contributed by atoms with Gasteiger partial charge in [-0.3, -0.25) is 4.79 Å². The Labute approximate surface area is 146 Å². The van der Waals surface area contributed by atoms with Gasteiger partial charge in [-0.1, -0.05) is 19.1 Å². The minimum Gasteiger partial charge on any atom is -0.494 e. The number of amides is 1. The number of hydrogen-bond donors (Lipinski definition) is 1. The van der Waals surface area contributed by atoms with Crippen LogP contribution in [0.15, 0.2) is 47.4 Å². The van der Waals surface area contributed by atoms with Crippen molar-refractivity contribution in [3.8, 4) is 5.75 Å². The smallest absolute Gasteiger partial charge is 0.251 e. The molecule has 1 atom stereocenters. The van der Waals surface area contributed by atoms with E-state index in [1.54, 1.807) is 12.1 Å². The molecule has 25 heavy (non-hydrogen) atoms. The maximum Gasteiger partial charge on any atom is 0.251 e. The number of hydrogen-bond acceptors (Lipinski definition) is 4. The van der Waals surface area contributed by atoms with E-state index in [1.165, 1.54) is 31.4 Å². The topological polar surface area (TPSA) is 72.5 Å². The standard InChI is InChI=1S/C18H20FNO4S/c1-4-16(12-5-8-14(9-6-12)25(3,22)23)20-18(21)13-7-10-17(24-2)15(19)11-13/h5-11,16H,4H2,1-3H3,(H,20,21)/t16-/m1/s1. The highest BCUT2D eigenvalue weighted by Gasteiger charge is 2.16. The number of sulfone groups is 1. The summed E-state index contributed by atoms with van der Waals surface area (Å²) in [6.45, 7) is 1.89. The molecule has 0 bridgehead atoms. The first-order chi connectivity index (χ1) is 11.8. The van der Waals surface area contributed by atoms with Crippen molar-refractivity contribution in [2.45, 2.75) is 24.3 Å². The van der Waals surface area contributed by atoms with Gasteiger partial charge in [-0.15, -0.1) is 0 Å². The van der Waals surface area contributed by atoms with Crippen LogP contribution in [-0.2, 0) is 9.84 Å². The third-order valence-corrected chi connectivity index (χ3v) is 4.97. The Morgan fingerprint density at radius 3 is 2.32 bits per heavy atom. The largest absolute Gasteiger partial charge is 0.494 e. The molecule has 0 heterocycles. The molecule has 0 aromatic heterocycles. The normalized spacial score (nSPS) is 12.5. The average Bonchev–Trinajstić information content (AvgIpc) is 2.58. The maximum atomic E-state index is 13.7. The fourth-order valence-corrected chi connectivity index (χ4v) is 3.05. The number of nitrogens with one attached hydrogen (secondary N) is 1. The van der Waals surface area contributed by atoms with Crippen molar-refractivity contribution in [3.05, 3.63) is 59.4 Å². The van der Waals surface area contributed by atoms with Gasteiger partial charge >= 0.3 is 0 Å². The van der Waals surface area contributed by atoms with Gasteiger partial charge < -0.3 is 10.1 Å². The highest BCUT2D eigenvalue weighted by molar-refractivity contribution is 7.90. The van der Waals surface area contributed by atoms with Crippen LogP contribution in [0.25, 0.3) is 0 Å². The number of carbonyl (C=O) groups is 1. The molecule has 0 fully saturated rings. The van der Waals surface area contributed by atoms with E-state index in [2.05, 4.69) is 5.32 Å². The van der Waals surface area contributed by atoms with E-state index < -0.39 is 21.6 Å². The lowest BCUT2D eigenvalue weighted by atomic mass is 10.0. The number of halogens is 1. The van der Waals surface area contributed by atoms with Gasteiger partial charge in [-0.2, -0.15) is 0 Å². The average molecular weight is 365 g/mol. The van der Waals surface area contributed by atoms with Crippen LogP contribution in [-0.4, -0.2) is 27.7 Å².